The molecule has 3 aliphatic carbocycles. The molecule has 131 valence electrons. The van der Waals surface area contributed by atoms with Gasteiger partial charge in [0.2, 0.25) is 0 Å². The number of carboxylic acids is 1. The van der Waals surface area contributed by atoms with Gasteiger partial charge in [-0.05, 0) is 25.2 Å². The molecule has 0 spiro atoms. The second-order valence-electron chi connectivity index (χ2n) is 5.41. The van der Waals surface area contributed by atoms with Crippen molar-refractivity contribution < 1.29 is 41.8 Å². The van der Waals surface area contributed by atoms with Crippen molar-refractivity contribution in [2.75, 3.05) is 14.2 Å². The van der Waals surface area contributed by atoms with E-state index < -0.39 is 5.97 Å². The van der Waals surface area contributed by atoms with Crippen molar-refractivity contribution in [1.82, 2.24) is 0 Å². The summed E-state index contributed by atoms with van der Waals surface area (Å²) in [5.74, 6) is 1.01. The quantitative estimate of drug-likeness (QED) is 0.402. The van der Waals surface area contributed by atoms with E-state index in [0.29, 0.717) is 0 Å². The normalized spacial score (nSPS) is 19.9. The van der Waals surface area contributed by atoms with Crippen molar-refractivity contribution in [3.05, 3.63) is 28.7 Å². The monoisotopic (exact) mass is 367 g/mol. The van der Waals surface area contributed by atoms with E-state index in [-0.39, 0.29) is 21.7 Å². The number of allylic oxidation sites excluding steroid dienone is 4. The first-order valence-corrected chi connectivity index (χ1v) is 7.95. The summed E-state index contributed by atoms with van der Waals surface area (Å²) in [5, 5.41) is 24.0. The molecule has 1 N–H and O–H groups in total. The number of hydrogen-bond acceptors (Lipinski definition) is 3. The molecule has 4 nitrogen and oxygen atoms in total. The van der Waals surface area contributed by atoms with Crippen LogP contribution in [0.2, 0.25) is 0 Å². The van der Waals surface area contributed by atoms with Crippen molar-refractivity contribution >= 4 is 5.97 Å². The fourth-order valence-corrected chi connectivity index (χ4v) is 3.51. The zero-order valence-corrected chi connectivity index (χ0v) is 16.4. The van der Waals surface area contributed by atoms with Gasteiger partial charge >= 0.3 is 27.7 Å². The van der Waals surface area contributed by atoms with E-state index in [1.807, 2.05) is 0 Å². The summed E-state index contributed by atoms with van der Waals surface area (Å²) in [6.07, 6.45) is 16.6. The number of aliphatic carboxylic acids is 1. The smallest absolute Gasteiger partial charge is 0.857 e. The molecule has 24 heavy (non-hydrogen) atoms. The van der Waals surface area contributed by atoms with Gasteiger partial charge in [-0.2, -0.15) is 19.8 Å². The zero-order valence-electron chi connectivity index (χ0n) is 14.9. The van der Waals surface area contributed by atoms with Gasteiger partial charge in [-0.1, -0.05) is 31.8 Å². The van der Waals surface area contributed by atoms with Crippen LogP contribution in [-0.2, 0) is 26.5 Å². The first kappa shape index (κ1) is 25.3. The summed E-state index contributed by atoms with van der Waals surface area (Å²) in [7, 11) is 1.50. The molecule has 0 saturated carbocycles. The third-order valence-electron chi connectivity index (χ3n) is 4.33. The number of hydrogen-bond donors (Lipinski definition) is 1. The molecule has 0 heterocycles. The minimum atomic E-state index is -1.22. The van der Waals surface area contributed by atoms with Gasteiger partial charge in [0.1, 0.15) is 0 Å². The minimum Gasteiger partial charge on any atom is -0.857 e. The first-order valence-electron chi connectivity index (χ1n) is 7.95. The Morgan fingerprint density at radius 2 is 1.62 bits per heavy atom. The van der Waals surface area contributed by atoms with E-state index in [1.54, 1.807) is 22.3 Å². The Morgan fingerprint density at radius 3 is 2.17 bits per heavy atom. The molecule has 0 bridgehead atoms. The van der Waals surface area contributed by atoms with Gasteiger partial charge in [0.05, 0.1) is 0 Å². The molecule has 0 saturated heterocycles. The van der Waals surface area contributed by atoms with E-state index in [2.05, 4.69) is 19.8 Å². The molecule has 1 radical (unpaired) electrons. The van der Waals surface area contributed by atoms with Gasteiger partial charge in [-0.15, -0.1) is 18.4 Å². The van der Waals surface area contributed by atoms with Crippen LogP contribution in [0.1, 0.15) is 51.9 Å². The summed E-state index contributed by atoms with van der Waals surface area (Å²) in [5.41, 5.74) is 7.07. The van der Waals surface area contributed by atoms with Crippen molar-refractivity contribution in [2.45, 2.75) is 51.9 Å². The molecule has 0 aromatic heterocycles. The van der Waals surface area contributed by atoms with Crippen LogP contribution in [0.4, 0.5) is 0 Å². The van der Waals surface area contributed by atoms with E-state index in [4.69, 9.17) is 20.1 Å². The van der Waals surface area contributed by atoms with Crippen LogP contribution in [0, 0.1) is 24.7 Å². The van der Waals surface area contributed by atoms with Crippen LogP contribution in [0.15, 0.2) is 22.3 Å². The summed E-state index contributed by atoms with van der Waals surface area (Å²) in [4.78, 5) is 9.13. The van der Waals surface area contributed by atoms with E-state index in [0.717, 1.165) is 20.1 Å². The molecule has 0 fully saturated rings. The zero-order chi connectivity index (χ0) is 17.8. The van der Waals surface area contributed by atoms with E-state index >= 15 is 0 Å². The van der Waals surface area contributed by atoms with Gasteiger partial charge in [0.25, 0.3) is 0 Å². The van der Waals surface area contributed by atoms with Gasteiger partial charge in [0, 0.05) is 5.92 Å². The maximum Gasteiger partial charge on any atom is 3.00 e. The van der Waals surface area contributed by atoms with Crippen LogP contribution < -0.4 is 10.2 Å². The fourth-order valence-electron chi connectivity index (χ4n) is 3.51. The molecule has 1 unspecified atom stereocenters. The van der Waals surface area contributed by atoms with Crippen molar-refractivity contribution in [3.8, 4) is 12.3 Å². The maximum absolute atomic E-state index is 9.13. The number of fused-ring (bicyclic) bond motifs is 1. The number of terminal acetylenes is 1. The first-order chi connectivity index (χ1) is 11.1. The average Bonchev–Trinajstić information content (AvgIpc) is 2.93. The van der Waals surface area contributed by atoms with Crippen LogP contribution in [0.5, 0.6) is 0 Å². The standard InChI is InChI=1S/C14H19.C3H2O2.2CH3O.Ti/c1-10-11-6-2-4-8-13(11)14-9-5-3-7-12(10)14;1-2-3(4)5;2*1-2;/h6,10H,2-5,7-9H2,1H3;1H,(H,4,5);2*1H3;/q-1;;2*-1;+3. The van der Waals surface area contributed by atoms with Crippen molar-refractivity contribution in [1.29, 1.82) is 0 Å². The topological polar surface area (TPSA) is 83.4 Å². The van der Waals surface area contributed by atoms with Gasteiger partial charge in [-0.25, -0.2) is 16.8 Å². The number of rotatable bonds is 0. The molecular formula is C19H27O4Ti. The number of carbonyl (C=O) groups is 1. The third-order valence-corrected chi connectivity index (χ3v) is 4.33. The molecule has 0 aliphatic heterocycles. The van der Waals surface area contributed by atoms with Gasteiger partial charge < -0.3 is 15.3 Å². The molecular weight excluding hydrogens is 340 g/mol. The molecule has 3 rings (SSSR count). The fraction of sp³-hybridized carbons (Fsp3) is 0.579. The van der Waals surface area contributed by atoms with Crippen LogP contribution in [0.3, 0.4) is 0 Å². The maximum atomic E-state index is 9.13. The molecule has 0 aromatic rings. The Balaban J connectivity index is 0. The molecule has 3 aliphatic rings. The Hall–Kier alpha value is -0.986. The van der Waals surface area contributed by atoms with Gasteiger partial charge in [0.15, 0.2) is 0 Å². The second kappa shape index (κ2) is 14.4. The SMILES string of the molecule is C#CC(=O)O.CC1C2=C(CCC[CH-]2)C2=C1CCCC2.C[O-].C[O-].[Ti+3]. The van der Waals surface area contributed by atoms with Crippen LogP contribution in [-0.4, -0.2) is 25.3 Å². The molecule has 0 aromatic carbocycles. The Kier molecular flexibility index (Phi) is 15.1. The van der Waals surface area contributed by atoms with Crippen molar-refractivity contribution in [3.63, 3.8) is 0 Å². The van der Waals surface area contributed by atoms with Crippen LogP contribution in [0.25, 0.3) is 0 Å². The molecule has 0 amide bonds. The summed E-state index contributed by atoms with van der Waals surface area (Å²) >= 11 is 0. The van der Waals surface area contributed by atoms with E-state index in [9.17, 15) is 0 Å². The largest absolute Gasteiger partial charge is 3.00 e. The Labute approximate surface area is 160 Å². The van der Waals surface area contributed by atoms with E-state index in [1.165, 1.54) is 50.9 Å². The second-order valence-corrected chi connectivity index (χ2v) is 5.41. The summed E-state index contributed by atoms with van der Waals surface area (Å²) < 4.78 is 0. The summed E-state index contributed by atoms with van der Waals surface area (Å²) in [6, 6.07) is 0. The molecule has 1 atom stereocenters. The van der Waals surface area contributed by atoms with Crippen LogP contribution >= 0.6 is 0 Å². The Bertz CT molecular complexity index is 454. The van der Waals surface area contributed by atoms with Crippen molar-refractivity contribution in [2.24, 2.45) is 5.92 Å². The molecule has 5 heteroatoms. The predicted octanol–water partition coefficient (Wildman–Crippen LogP) is 1.85. The van der Waals surface area contributed by atoms with Gasteiger partial charge in [-0.3, -0.25) is 0 Å². The third kappa shape index (κ3) is 6.87. The summed E-state index contributed by atoms with van der Waals surface area (Å²) in [6.45, 7) is 2.42. The minimum absolute atomic E-state index is 0. The average molecular weight is 367 g/mol. The Morgan fingerprint density at radius 1 is 1.12 bits per heavy atom. The predicted molar refractivity (Wildman–Crippen MR) is 88.2 cm³/mol. The number of carboxylic acid groups (broad SMARTS) is 1.